The third-order valence-corrected chi connectivity index (χ3v) is 5.61. The van der Waals surface area contributed by atoms with E-state index < -0.39 is 22.0 Å². The van der Waals surface area contributed by atoms with Gasteiger partial charge >= 0.3 is 5.97 Å². The molecule has 0 aliphatic heterocycles. The molecule has 7 nitrogen and oxygen atoms in total. The molecule has 0 saturated heterocycles. The molecule has 1 atom stereocenters. The zero-order valence-electron chi connectivity index (χ0n) is 16.6. The normalized spacial score (nSPS) is 12.2. The molecule has 0 spiro atoms. The minimum Gasteiger partial charge on any atom is -0.497 e. The van der Waals surface area contributed by atoms with Gasteiger partial charge in [-0.05, 0) is 54.3 Å². The number of hydrogen-bond acceptors (Lipinski definition) is 6. The van der Waals surface area contributed by atoms with Gasteiger partial charge in [-0.15, -0.1) is 0 Å². The van der Waals surface area contributed by atoms with Crippen molar-refractivity contribution in [3.8, 4) is 11.8 Å². The molecule has 0 aliphatic carbocycles. The highest BCUT2D eigenvalue weighted by Crippen LogP contribution is 2.17. The van der Waals surface area contributed by atoms with E-state index in [-0.39, 0.29) is 17.4 Å². The number of nitriles is 1. The third kappa shape index (κ3) is 6.59. The van der Waals surface area contributed by atoms with E-state index in [1.54, 1.807) is 24.3 Å². The molecule has 0 aliphatic rings. The van der Waals surface area contributed by atoms with Gasteiger partial charge in [-0.2, -0.15) is 9.98 Å². The summed E-state index contributed by atoms with van der Waals surface area (Å²) in [5, 5.41) is 8.83. The van der Waals surface area contributed by atoms with E-state index in [2.05, 4.69) is 4.72 Å². The number of nitrogens with zero attached hydrogens (tertiary/aromatic N) is 1. The van der Waals surface area contributed by atoms with Crippen molar-refractivity contribution in [2.75, 3.05) is 7.11 Å². The van der Waals surface area contributed by atoms with E-state index in [1.165, 1.54) is 31.4 Å². The van der Waals surface area contributed by atoms with Crippen molar-refractivity contribution in [2.24, 2.45) is 5.92 Å². The zero-order valence-corrected chi connectivity index (χ0v) is 17.4. The molecule has 8 heteroatoms. The number of nitrogens with one attached hydrogen (secondary N) is 1. The van der Waals surface area contributed by atoms with Crippen molar-refractivity contribution in [3.63, 3.8) is 0 Å². The second kappa shape index (κ2) is 10.0. The molecular formula is C21H24N2O5S. The SMILES string of the molecule is COc1ccc(S(=O)(=O)N[C@@H](CC(C)C)C(=O)OCc2ccc(C#N)cc2)cc1. The monoisotopic (exact) mass is 416 g/mol. The Kier molecular flexibility index (Phi) is 7.76. The van der Waals surface area contributed by atoms with Crippen LogP contribution in [0.4, 0.5) is 0 Å². The van der Waals surface area contributed by atoms with Crippen molar-refractivity contribution >= 4 is 16.0 Å². The summed E-state index contributed by atoms with van der Waals surface area (Å²) in [6, 6.07) is 13.5. The molecular weight excluding hydrogens is 392 g/mol. The molecule has 0 bridgehead atoms. The maximum absolute atomic E-state index is 12.7. The minimum absolute atomic E-state index is 0.0105. The Morgan fingerprint density at radius 2 is 1.72 bits per heavy atom. The van der Waals surface area contributed by atoms with Crippen LogP contribution in [0.3, 0.4) is 0 Å². The van der Waals surface area contributed by atoms with Crippen molar-refractivity contribution in [2.45, 2.75) is 37.8 Å². The third-order valence-electron chi connectivity index (χ3n) is 4.12. The first kappa shape index (κ1) is 22.4. The second-order valence-corrected chi connectivity index (χ2v) is 8.61. The van der Waals surface area contributed by atoms with Crippen LogP contribution in [0.25, 0.3) is 0 Å². The van der Waals surface area contributed by atoms with Crippen LogP contribution in [0.5, 0.6) is 5.75 Å². The van der Waals surface area contributed by atoms with Crippen LogP contribution in [-0.2, 0) is 26.2 Å². The zero-order chi connectivity index (χ0) is 21.4. The summed E-state index contributed by atoms with van der Waals surface area (Å²) < 4.78 is 38.2. The highest BCUT2D eigenvalue weighted by atomic mass is 32.2. The van der Waals surface area contributed by atoms with Crippen molar-refractivity contribution in [1.82, 2.24) is 4.72 Å². The topological polar surface area (TPSA) is 105 Å². The summed E-state index contributed by atoms with van der Waals surface area (Å²) >= 11 is 0. The predicted octanol–water partition coefficient (Wildman–Crippen LogP) is 3.00. The Balaban J connectivity index is 2.10. The van der Waals surface area contributed by atoms with Gasteiger partial charge in [-0.1, -0.05) is 26.0 Å². The Morgan fingerprint density at radius 3 is 2.24 bits per heavy atom. The molecule has 2 aromatic carbocycles. The average molecular weight is 416 g/mol. The molecule has 0 unspecified atom stereocenters. The number of benzene rings is 2. The van der Waals surface area contributed by atoms with Gasteiger partial charge in [0.1, 0.15) is 18.4 Å². The van der Waals surface area contributed by atoms with Gasteiger partial charge < -0.3 is 9.47 Å². The maximum Gasteiger partial charge on any atom is 0.324 e. The fourth-order valence-electron chi connectivity index (χ4n) is 2.60. The lowest BCUT2D eigenvalue weighted by Gasteiger charge is -2.19. The van der Waals surface area contributed by atoms with E-state index in [0.717, 1.165) is 0 Å². The fourth-order valence-corrected chi connectivity index (χ4v) is 3.80. The van der Waals surface area contributed by atoms with E-state index >= 15 is 0 Å². The summed E-state index contributed by atoms with van der Waals surface area (Å²) in [7, 11) is -2.42. The van der Waals surface area contributed by atoms with Gasteiger partial charge in [0, 0.05) is 0 Å². The lowest BCUT2D eigenvalue weighted by molar-refractivity contribution is -0.147. The Hall–Kier alpha value is -2.89. The highest BCUT2D eigenvalue weighted by Gasteiger charge is 2.27. The van der Waals surface area contributed by atoms with Gasteiger partial charge in [0.15, 0.2) is 0 Å². The second-order valence-electron chi connectivity index (χ2n) is 6.90. The van der Waals surface area contributed by atoms with Crippen molar-refractivity contribution in [3.05, 3.63) is 59.7 Å². The molecule has 0 aromatic heterocycles. The number of carbonyl (C=O) groups is 1. The Morgan fingerprint density at radius 1 is 1.10 bits per heavy atom. The first-order valence-corrected chi connectivity index (χ1v) is 10.6. The summed E-state index contributed by atoms with van der Waals surface area (Å²) in [4.78, 5) is 12.6. The predicted molar refractivity (Wildman–Crippen MR) is 108 cm³/mol. The van der Waals surface area contributed by atoms with Crippen LogP contribution in [0.1, 0.15) is 31.4 Å². The largest absolute Gasteiger partial charge is 0.497 e. The molecule has 2 aromatic rings. The standard InChI is InChI=1S/C21H24N2O5S/c1-15(2)12-20(21(24)28-14-17-6-4-16(13-22)5-7-17)23-29(25,26)19-10-8-18(27-3)9-11-19/h4-11,15,20,23H,12,14H2,1-3H3/t20-/m0/s1. The number of ether oxygens (including phenoxy) is 2. The van der Waals surface area contributed by atoms with E-state index in [9.17, 15) is 13.2 Å². The van der Waals surface area contributed by atoms with E-state index in [1.807, 2.05) is 19.9 Å². The molecule has 0 fully saturated rings. The highest BCUT2D eigenvalue weighted by molar-refractivity contribution is 7.89. The number of hydrogen-bond donors (Lipinski definition) is 1. The van der Waals surface area contributed by atoms with Crippen LogP contribution in [0.15, 0.2) is 53.4 Å². The molecule has 0 saturated carbocycles. The van der Waals surface area contributed by atoms with Gasteiger partial charge in [-0.3, -0.25) is 4.79 Å². The van der Waals surface area contributed by atoms with Crippen LogP contribution in [-0.4, -0.2) is 27.5 Å². The molecule has 29 heavy (non-hydrogen) atoms. The quantitative estimate of drug-likeness (QED) is 0.630. The first-order chi connectivity index (χ1) is 13.7. The molecule has 1 N–H and O–H groups in total. The van der Waals surface area contributed by atoms with Gasteiger partial charge in [-0.25, -0.2) is 8.42 Å². The maximum atomic E-state index is 12.7. The summed E-state index contributed by atoms with van der Waals surface area (Å²) in [5.41, 5.74) is 1.21. The van der Waals surface area contributed by atoms with Crippen LogP contribution < -0.4 is 9.46 Å². The number of rotatable bonds is 9. The minimum atomic E-state index is -3.91. The molecule has 0 amide bonds. The first-order valence-electron chi connectivity index (χ1n) is 9.07. The average Bonchev–Trinajstić information content (AvgIpc) is 2.71. The van der Waals surface area contributed by atoms with E-state index in [0.29, 0.717) is 23.3 Å². The summed E-state index contributed by atoms with van der Waals surface area (Å²) in [5.74, 6) is -0.0503. The number of carbonyl (C=O) groups excluding carboxylic acids is 1. The summed E-state index contributed by atoms with van der Waals surface area (Å²) in [6.07, 6.45) is 0.293. The van der Waals surface area contributed by atoms with Gasteiger partial charge in [0.2, 0.25) is 10.0 Å². The van der Waals surface area contributed by atoms with E-state index in [4.69, 9.17) is 14.7 Å². The van der Waals surface area contributed by atoms with Gasteiger partial charge in [0.25, 0.3) is 0 Å². The lowest BCUT2D eigenvalue weighted by atomic mass is 10.0. The fraction of sp³-hybridized carbons (Fsp3) is 0.333. The number of esters is 1. The molecule has 0 radical (unpaired) electrons. The molecule has 2 rings (SSSR count). The van der Waals surface area contributed by atoms with Crippen molar-refractivity contribution < 1.29 is 22.7 Å². The van der Waals surface area contributed by atoms with Crippen LogP contribution >= 0.6 is 0 Å². The Labute approximate surface area is 171 Å². The van der Waals surface area contributed by atoms with Crippen LogP contribution in [0, 0.1) is 17.2 Å². The summed E-state index contributed by atoms with van der Waals surface area (Å²) in [6.45, 7) is 3.77. The smallest absolute Gasteiger partial charge is 0.324 e. The Bertz CT molecular complexity index is 962. The van der Waals surface area contributed by atoms with Gasteiger partial charge in [0.05, 0.1) is 23.6 Å². The lowest BCUT2D eigenvalue weighted by Crippen LogP contribution is -2.42. The molecule has 154 valence electrons. The number of methoxy groups -OCH3 is 1. The van der Waals surface area contributed by atoms with Crippen molar-refractivity contribution in [1.29, 1.82) is 5.26 Å². The number of sulfonamides is 1. The van der Waals surface area contributed by atoms with Crippen LogP contribution in [0.2, 0.25) is 0 Å². The molecule has 0 heterocycles.